The highest BCUT2D eigenvalue weighted by Gasteiger charge is 2.34. The number of nitrogens with one attached hydrogen (secondary N) is 1. The Morgan fingerprint density at radius 1 is 1.00 bits per heavy atom. The summed E-state index contributed by atoms with van der Waals surface area (Å²) in [4.78, 5) is 38.5. The number of aliphatic carboxylic acids is 1. The summed E-state index contributed by atoms with van der Waals surface area (Å²) in [5.74, 6) is -1.41. The number of carboxylic acids is 1. The van der Waals surface area contributed by atoms with Gasteiger partial charge < -0.3 is 14.7 Å². The largest absolute Gasteiger partial charge is 0.480 e. The molecule has 0 saturated carbocycles. The molecule has 3 aromatic rings. The molecule has 2 N–H and O–H groups in total. The summed E-state index contributed by atoms with van der Waals surface area (Å²) < 4.78 is 6.35. The number of nitrogens with zero attached hydrogens (tertiary/aromatic N) is 1. The maximum atomic E-state index is 13.0. The van der Waals surface area contributed by atoms with Crippen LogP contribution in [-0.2, 0) is 9.53 Å². The fourth-order valence-corrected chi connectivity index (χ4v) is 5.64. The van der Waals surface area contributed by atoms with E-state index in [1.807, 2.05) is 24.3 Å². The van der Waals surface area contributed by atoms with E-state index in [0.29, 0.717) is 30.6 Å². The van der Waals surface area contributed by atoms with Gasteiger partial charge in [-0.1, -0.05) is 48.5 Å². The van der Waals surface area contributed by atoms with Gasteiger partial charge in [-0.25, -0.2) is 9.59 Å². The number of likely N-dealkylation sites (tertiary alicyclic amines) is 1. The van der Waals surface area contributed by atoms with Gasteiger partial charge in [-0.05, 0) is 75.9 Å². The van der Waals surface area contributed by atoms with Crippen LogP contribution in [0.25, 0.3) is 11.1 Å². The van der Waals surface area contributed by atoms with Gasteiger partial charge in [0.15, 0.2) is 0 Å². The molecule has 1 fully saturated rings. The van der Waals surface area contributed by atoms with E-state index in [4.69, 9.17) is 4.74 Å². The van der Waals surface area contributed by atoms with Crippen molar-refractivity contribution >= 4 is 46.2 Å². The Kier molecular flexibility index (Phi) is 6.46. The number of anilines is 1. The van der Waals surface area contributed by atoms with Crippen LogP contribution in [0.5, 0.6) is 0 Å². The number of ether oxygens (including phenoxy) is 1. The topological polar surface area (TPSA) is 95.9 Å². The first-order valence-corrected chi connectivity index (χ1v) is 12.5. The van der Waals surface area contributed by atoms with E-state index in [9.17, 15) is 19.5 Å². The Hall–Kier alpha value is -3.40. The van der Waals surface area contributed by atoms with Crippen LogP contribution in [0.15, 0.2) is 66.7 Å². The molecule has 1 heterocycles. The standard InChI is InChI=1S/C27H23IN2O5/c28-17-12-16(25(31)30-11-5-10-24(30)26(32)33)13-18(14-17)29-27(34)35-15-23-21-8-3-1-6-19(21)20-7-2-4-9-22(20)23/h1-4,6-9,12-14,23-24H,5,10-11,15H2,(H,29,34)(H,32,33)/t24-/m1/s1. The number of amides is 2. The number of rotatable bonds is 5. The van der Waals surface area contributed by atoms with Gasteiger partial charge >= 0.3 is 12.1 Å². The zero-order valence-corrected chi connectivity index (χ0v) is 20.9. The predicted octanol–water partition coefficient (Wildman–Crippen LogP) is 5.34. The number of carboxylic acid groups (broad SMARTS) is 1. The third-order valence-corrected chi connectivity index (χ3v) is 7.16. The lowest BCUT2D eigenvalue weighted by molar-refractivity contribution is -0.141. The van der Waals surface area contributed by atoms with Gasteiger partial charge in [0.2, 0.25) is 0 Å². The molecule has 0 bridgehead atoms. The maximum absolute atomic E-state index is 13.0. The number of hydrogen-bond donors (Lipinski definition) is 2. The summed E-state index contributed by atoms with van der Waals surface area (Å²) in [5, 5.41) is 12.1. The van der Waals surface area contributed by atoms with Crippen molar-refractivity contribution in [2.75, 3.05) is 18.5 Å². The molecular weight excluding hydrogens is 559 g/mol. The number of hydrogen-bond acceptors (Lipinski definition) is 4. The van der Waals surface area contributed by atoms with Crippen LogP contribution < -0.4 is 5.32 Å². The molecule has 1 aliphatic heterocycles. The fourth-order valence-electron chi connectivity index (χ4n) is 4.97. The smallest absolute Gasteiger partial charge is 0.411 e. The van der Waals surface area contributed by atoms with Crippen molar-refractivity contribution in [3.05, 3.63) is 87.0 Å². The van der Waals surface area contributed by atoms with E-state index < -0.39 is 18.1 Å². The van der Waals surface area contributed by atoms with Gasteiger partial charge in [-0.15, -0.1) is 0 Å². The summed E-state index contributed by atoms with van der Waals surface area (Å²) in [6.45, 7) is 0.583. The van der Waals surface area contributed by atoms with Crippen LogP contribution in [0.4, 0.5) is 10.5 Å². The molecular formula is C27H23IN2O5. The first-order valence-electron chi connectivity index (χ1n) is 11.4. The van der Waals surface area contributed by atoms with Crippen molar-refractivity contribution in [3.63, 3.8) is 0 Å². The molecule has 0 unspecified atom stereocenters. The summed E-state index contributed by atoms with van der Waals surface area (Å²) in [6.07, 6.45) is 0.477. The van der Waals surface area contributed by atoms with Gasteiger partial charge in [0.1, 0.15) is 12.6 Å². The normalized spacial score (nSPS) is 16.5. The monoisotopic (exact) mass is 582 g/mol. The highest BCUT2D eigenvalue weighted by atomic mass is 127. The van der Waals surface area contributed by atoms with Crippen LogP contribution in [0.3, 0.4) is 0 Å². The minimum atomic E-state index is -1.00. The van der Waals surface area contributed by atoms with Crippen LogP contribution >= 0.6 is 22.6 Å². The lowest BCUT2D eigenvalue weighted by atomic mass is 9.98. The summed E-state index contributed by atoms with van der Waals surface area (Å²) in [7, 11) is 0. The number of halogens is 1. The number of fused-ring (bicyclic) bond motifs is 3. The van der Waals surface area contributed by atoms with Crippen molar-refractivity contribution in [2.45, 2.75) is 24.8 Å². The molecule has 1 aliphatic carbocycles. The van der Waals surface area contributed by atoms with Gasteiger partial charge in [0.05, 0.1) is 0 Å². The first-order chi connectivity index (χ1) is 16.9. The minimum Gasteiger partial charge on any atom is -0.480 e. The van der Waals surface area contributed by atoms with E-state index in [0.717, 1.165) is 25.8 Å². The second-order valence-electron chi connectivity index (χ2n) is 8.67. The average molecular weight is 582 g/mol. The average Bonchev–Trinajstić information content (AvgIpc) is 3.45. The van der Waals surface area contributed by atoms with E-state index in [1.165, 1.54) is 4.90 Å². The molecule has 0 radical (unpaired) electrons. The first kappa shape index (κ1) is 23.3. The molecule has 1 saturated heterocycles. The maximum Gasteiger partial charge on any atom is 0.411 e. The van der Waals surface area contributed by atoms with E-state index in [-0.39, 0.29) is 18.4 Å². The summed E-state index contributed by atoms with van der Waals surface area (Å²) in [6, 6.07) is 20.4. The molecule has 3 aromatic carbocycles. The Labute approximate surface area is 216 Å². The fraction of sp³-hybridized carbons (Fsp3) is 0.222. The second kappa shape index (κ2) is 9.69. The third kappa shape index (κ3) is 4.62. The van der Waals surface area contributed by atoms with Gasteiger partial charge in [-0.3, -0.25) is 10.1 Å². The highest BCUT2D eigenvalue weighted by molar-refractivity contribution is 14.1. The Bertz CT molecular complexity index is 1280. The highest BCUT2D eigenvalue weighted by Crippen LogP contribution is 2.44. The molecule has 7 nitrogen and oxygen atoms in total. The van der Waals surface area contributed by atoms with Crippen LogP contribution in [0.2, 0.25) is 0 Å². The Balaban J connectivity index is 1.28. The molecule has 178 valence electrons. The quantitative estimate of drug-likeness (QED) is 0.396. The van der Waals surface area contributed by atoms with Crippen LogP contribution in [0, 0.1) is 3.57 Å². The molecule has 2 aliphatic rings. The van der Waals surface area contributed by atoms with E-state index in [1.54, 1.807) is 18.2 Å². The zero-order valence-electron chi connectivity index (χ0n) is 18.7. The van der Waals surface area contributed by atoms with Gasteiger partial charge in [-0.2, -0.15) is 0 Å². The molecule has 2 amide bonds. The van der Waals surface area contributed by atoms with Crippen molar-refractivity contribution in [1.82, 2.24) is 4.90 Å². The zero-order chi connectivity index (χ0) is 24.5. The number of carbonyl (C=O) groups is 3. The van der Waals surface area contributed by atoms with Crippen molar-refractivity contribution in [1.29, 1.82) is 0 Å². The lowest BCUT2D eigenvalue weighted by Gasteiger charge is -2.22. The van der Waals surface area contributed by atoms with Crippen molar-refractivity contribution < 1.29 is 24.2 Å². The Morgan fingerprint density at radius 3 is 2.31 bits per heavy atom. The number of carbonyl (C=O) groups excluding carboxylic acids is 2. The molecule has 35 heavy (non-hydrogen) atoms. The third-order valence-electron chi connectivity index (χ3n) is 6.53. The summed E-state index contributed by atoms with van der Waals surface area (Å²) >= 11 is 2.07. The second-order valence-corrected chi connectivity index (χ2v) is 9.92. The van der Waals surface area contributed by atoms with Gasteiger partial charge in [0.25, 0.3) is 5.91 Å². The SMILES string of the molecule is O=C(Nc1cc(I)cc(C(=O)N2CCC[C@@H]2C(=O)O)c1)OCC1c2ccccc2-c2ccccc21. The lowest BCUT2D eigenvalue weighted by Crippen LogP contribution is -2.40. The van der Waals surface area contributed by atoms with Crippen LogP contribution in [0.1, 0.15) is 40.2 Å². The van der Waals surface area contributed by atoms with E-state index >= 15 is 0 Å². The number of benzene rings is 3. The van der Waals surface area contributed by atoms with Crippen molar-refractivity contribution in [2.24, 2.45) is 0 Å². The van der Waals surface area contributed by atoms with Gasteiger partial charge in [0, 0.05) is 27.3 Å². The van der Waals surface area contributed by atoms with E-state index in [2.05, 4.69) is 52.2 Å². The predicted molar refractivity (Wildman–Crippen MR) is 140 cm³/mol. The Morgan fingerprint density at radius 2 is 1.66 bits per heavy atom. The molecule has 0 spiro atoms. The molecule has 0 aromatic heterocycles. The molecule has 1 atom stereocenters. The summed E-state index contributed by atoms with van der Waals surface area (Å²) in [5.41, 5.74) is 5.31. The van der Waals surface area contributed by atoms with Crippen molar-refractivity contribution in [3.8, 4) is 11.1 Å². The molecule has 5 rings (SSSR count). The minimum absolute atomic E-state index is 0.0516. The molecule has 8 heteroatoms. The van der Waals surface area contributed by atoms with Crippen LogP contribution in [-0.4, -0.2) is 47.2 Å².